The molecule has 0 aromatic heterocycles. The summed E-state index contributed by atoms with van der Waals surface area (Å²) < 4.78 is 25.2. The smallest absolute Gasteiger partial charge is 0.377 e. The Bertz CT molecular complexity index is 418. The highest BCUT2D eigenvalue weighted by molar-refractivity contribution is 9.10. The first kappa shape index (κ1) is 11.8. The van der Waals surface area contributed by atoms with Gasteiger partial charge in [0.25, 0.3) is 12.2 Å². The number of ketones is 1. The molecule has 1 N–H and O–H groups in total. The standard InChI is InChI=1S/C9H5BrF2O3/c10-4-1-2-5(8(11)12)6(3-4)7(13)9(14)15/h1-3,8H,(H,14,15). The Morgan fingerprint density at radius 1 is 1.33 bits per heavy atom. The Morgan fingerprint density at radius 3 is 2.40 bits per heavy atom. The highest BCUT2D eigenvalue weighted by Gasteiger charge is 2.23. The van der Waals surface area contributed by atoms with Crippen LogP contribution in [0, 0.1) is 0 Å². The van der Waals surface area contributed by atoms with Gasteiger partial charge >= 0.3 is 5.97 Å². The van der Waals surface area contributed by atoms with Crippen molar-refractivity contribution in [1.29, 1.82) is 0 Å². The average molecular weight is 279 g/mol. The second-order valence-electron chi connectivity index (χ2n) is 2.67. The van der Waals surface area contributed by atoms with Gasteiger partial charge in [0.15, 0.2) is 0 Å². The van der Waals surface area contributed by atoms with Crippen molar-refractivity contribution in [2.24, 2.45) is 0 Å². The summed E-state index contributed by atoms with van der Waals surface area (Å²) >= 11 is 2.97. The van der Waals surface area contributed by atoms with Crippen LogP contribution in [0.25, 0.3) is 0 Å². The molecular formula is C9H5BrF2O3. The maximum Gasteiger partial charge on any atom is 0.377 e. The number of benzene rings is 1. The minimum absolute atomic E-state index is 0.372. The van der Waals surface area contributed by atoms with Crippen molar-refractivity contribution in [2.75, 3.05) is 0 Å². The number of carboxylic acids is 1. The lowest BCUT2D eigenvalue weighted by Gasteiger charge is -2.05. The van der Waals surface area contributed by atoms with Gasteiger partial charge in [0.2, 0.25) is 0 Å². The van der Waals surface area contributed by atoms with E-state index in [9.17, 15) is 18.4 Å². The van der Waals surface area contributed by atoms with Gasteiger partial charge in [0.1, 0.15) is 0 Å². The summed E-state index contributed by atoms with van der Waals surface area (Å²) in [7, 11) is 0. The molecule has 0 fully saturated rings. The van der Waals surface area contributed by atoms with Crippen LogP contribution in [0.2, 0.25) is 0 Å². The van der Waals surface area contributed by atoms with Crippen molar-refractivity contribution < 1.29 is 23.5 Å². The maximum absolute atomic E-state index is 12.4. The lowest BCUT2D eigenvalue weighted by Crippen LogP contribution is -2.15. The summed E-state index contributed by atoms with van der Waals surface area (Å²) in [6.45, 7) is 0. The van der Waals surface area contributed by atoms with Crippen LogP contribution in [-0.2, 0) is 4.79 Å². The number of hydrogen-bond acceptors (Lipinski definition) is 2. The molecule has 1 aromatic carbocycles. The van der Waals surface area contributed by atoms with Crippen LogP contribution < -0.4 is 0 Å². The highest BCUT2D eigenvalue weighted by Crippen LogP contribution is 2.26. The first-order valence-corrected chi connectivity index (χ1v) is 4.58. The molecule has 0 atom stereocenters. The first-order chi connectivity index (χ1) is 6.93. The van der Waals surface area contributed by atoms with Gasteiger partial charge in [0, 0.05) is 15.6 Å². The van der Waals surface area contributed by atoms with Gasteiger partial charge in [-0.25, -0.2) is 13.6 Å². The number of carbonyl (C=O) groups is 2. The molecule has 0 radical (unpaired) electrons. The van der Waals surface area contributed by atoms with E-state index in [0.29, 0.717) is 4.47 Å². The molecule has 3 nitrogen and oxygen atoms in total. The van der Waals surface area contributed by atoms with Crippen LogP contribution in [0.5, 0.6) is 0 Å². The molecule has 0 aliphatic heterocycles. The third kappa shape index (κ3) is 2.59. The van der Waals surface area contributed by atoms with Gasteiger partial charge in [-0.1, -0.05) is 22.0 Å². The van der Waals surface area contributed by atoms with Crippen molar-refractivity contribution in [3.05, 3.63) is 33.8 Å². The van der Waals surface area contributed by atoms with E-state index in [1.165, 1.54) is 6.07 Å². The van der Waals surface area contributed by atoms with Crippen molar-refractivity contribution in [1.82, 2.24) is 0 Å². The SMILES string of the molecule is O=C(O)C(=O)c1cc(Br)ccc1C(F)F. The zero-order valence-corrected chi connectivity index (χ0v) is 8.79. The van der Waals surface area contributed by atoms with E-state index in [1.54, 1.807) is 0 Å². The number of rotatable bonds is 3. The monoisotopic (exact) mass is 278 g/mol. The predicted molar refractivity (Wildman–Crippen MR) is 51.1 cm³/mol. The highest BCUT2D eigenvalue weighted by atomic mass is 79.9. The summed E-state index contributed by atoms with van der Waals surface area (Å²) in [4.78, 5) is 21.4. The Hall–Kier alpha value is -1.30. The molecule has 0 bridgehead atoms. The van der Waals surface area contributed by atoms with Gasteiger partial charge in [-0.15, -0.1) is 0 Å². The van der Waals surface area contributed by atoms with E-state index >= 15 is 0 Å². The first-order valence-electron chi connectivity index (χ1n) is 3.78. The van der Waals surface area contributed by atoms with Crippen LogP contribution in [-0.4, -0.2) is 16.9 Å². The molecule has 0 heterocycles. The van der Waals surface area contributed by atoms with E-state index in [1.807, 2.05) is 0 Å². The van der Waals surface area contributed by atoms with E-state index in [-0.39, 0.29) is 0 Å². The minimum Gasteiger partial charge on any atom is -0.475 e. The lowest BCUT2D eigenvalue weighted by molar-refractivity contribution is -0.131. The summed E-state index contributed by atoms with van der Waals surface area (Å²) in [6.07, 6.45) is -2.88. The fraction of sp³-hybridized carbons (Fsp3) is 0.111. The van der Waals surface area contributed by atoms with E-state index in [2.05, 4.69) is 15.9 Å². The van der Waals surface area contributed by atoms with Crippen LogP contribution in [0.4, 0.5) is 8.78 Å². The molecular weight excluding hydrogens is 274 g/mol. The van der Waals surface area contributed by atoms with Crippen LogP contribution in [0.15, 0.2) is 22.7 Å². The van der Waals surface area contributed by atoms with Gasteiger partial charge in [-0.2, -0.15) is 0 Å². The summed E-state index contributed by atoms with van der Waals surface area (Å²) in [6, 6.07) is 3.41. The molecule has 1 rings (SSSR count). The lowest BCUT2D eigenvalue weighted by atomic mass is 10.0. The molecule has 0 aliphatic rings. The topological polar surface area (TPSA) is 54.4 Å². The third-order valence-corrected chi connectivity index (χ3v) is 2.18. The van der Waals surface area contributed by atoms with Gasteiger partial charge in [-0.3, -0.25) is 4.79 Å². The average Bonchev–Trinajstić information content (AvgIpc) is 2.15. The third-order valence-electron chi connectivity index (χ3n) is 1.69. The zero-order valence-electron chi connectivity index (χ0n) is 7.21. The molecule has 80 valence electrons. The zero-order chi connectivity index (χ0) is 11.6. The van der Waals surface area contributed by atoms with Gasteiger partial charge < -0.3 is 5.11 Å². The van der Waals surface area contributed by atoms with Crippen molar-refractivity contribution in [3.8, 4) is 0 Å². The molecule has 0 aliphatic carbocycles. The molecule has 0 saturated carbocycles. The summed E-state index contributed by atoms with van der Waals surface area (Å²) in [5.74, 6) is -3.10. The number of alkyl halides is 2. The van der Waals surface area contributed by atoms with E-state index in [0.717, 1.165) is 12.1 Å². The molecule has 0 amide bonds. The molecule has 0 spiro atoms. The summed E-state index contributed by atoms with van der Waals surface area (Å²) in [5.41, 5.74) is -1.07. The van der Waals surface area contributed by atoms with E-state index in [4.69, 9.17) is 5.11 Å². The van der Waals surface area contributed by atoms with Crippen molar-refractivity contribution in [2.45, 2.75) is 6.43 Å². The summed E-state index contributed by atoms with van der Waals surface area (Å²) in [5, 5.41) is 8.42. The Balaban J connectivity index is 3.30. The molecule has 1 aromatic rings. The van der Waals surface area contributed by atoms with Gasteiger partial charge in [-0.05, 0) is 12.1 Å². The normalized spacial score (nSPS) is 10.4. The Morgan fingerprint density at radius 2 is 1.93 bits per heavy atom. The number of aliphatic carboxylic acids is 1. The largest absolute Gasteiger partial charge is 0.475 e. The van der Waals surface area contributed by atoms with Crippen molar-refractivity contribution in [3.63, 3.8) is 0 Å². The molecule has 0 saturated heterocycles. The predicted octanol–water partition coefficient (Wildman–Crippen LogP) is 2.65. The Labute approximate surface area is 91.8 Å². The molecule has 6 heteroatoms. The van der Waals surface area contributed by atoms with Crippen molar-refractivity contribution >= 4 is 27.7 Å². The number of halogens is 3. The molecule has 0 unspecified atom stereocenters. The number of Topliss-reactive ketones (excluding diaryl/α,β-unsaturated/α-hetero) is 1. The van der Waals surface area contributed by atoms with E-state index < -0.39 is 29.3 Å². The van der Waals surface area contributed by atoms with Crippen LogP contribution in [0.3, 0.4) is 0 Å². The Kier molecular flexibility index (Phi) is 3.52. The maximum atomic E-state index is 12.4. The number of carbonyl (C=O) groups excluding carboxylic acids is 1. The van der Waals surface area contributed by atoms with Gasteiger partial charge in [0.05, 0.1) is 0 Å². The second-order valence-corrected chi connectivity index (χ2v) is 3.58. The fourth-order valence-electron chi connectivity index (χ4n) is 1.03. The fourth-order valence-corrected chi connectivity index (χ4v) is 1.39. The number of carboxylic acid groups (broad SMARTS) is 1. The van der Waals surface area contributed by atoms with Crippen LogP contribution in [0.1, 0.15) is 22.3 Å². The molecule has 15 heavy (non-hydrogen) atoms. The second kappa shape index (κ2) is 4.48. The minimum atomic E-state index is -2.88. The quantitative estimate of drug-likeness (QED) is 0.683. The number of hydrogen-bond donors (Lipinski definition) is 1. The van der Waals surface area contributed by atoms with Crippen LogP contribution >= 0.6 is 15.9 Å².